The molecule has 15 heavy (non-hydrogen) atoms. The van der Waals surface area contributed by atoms with Gasteiger partial charge in [0.2, 0.25) is 0 Å². The minimum absolute atomic E-state index is 0.836. The van der Waals surface area contributed by atoms with Crippen molar-refractivity contribution in [2.45, 2.75) is 43.9 Å². The number of hydrogen-bond acceptors (Lipinski definition) is 3. The second-order valence-electron chi connectivity index (χ2n) is 4.68. The molecular weight excluding hydrogens is 222 g/mol. The van der Waals surface area contributed by atoms with Crippen LogP contribution in [-0.4, -0.2) is 35.1 Å². The van der Waals surface area contributed by atoms with Gasteiger partial charge in [0.1, 0.15) is 0 Å². The molecule has 0 aromatic heterocycles. The van der Waals surface area contributed by atoms with E-state index in [0.717, 1.165) is 17.2 Å². The highest BCUT2D eigenvalue weighted by Crippen LogP contribution is 2.29. The third-order valence-electron chi connectivity index (χ3n) is 3.68. The Morgan fingerprint density at radius 2 is 2.20 bits per heavy atom. The lowest BCUT2D eigenvalue weighted by molar-refractivity contribution is 0.393. The summed E-state index contributed by atoms with van der Waals surface area (Å²) in [4.78, 5) is 0. The molecule has 0 bridgehead atoms. The summed E-state index contributed by atoms with van der Waals surface area (Å²) in [6, 6.07) is 0.836. The van der Waals surface area contributed by atoms with Crippen LogP contribution in [0.1, 0.15) is 32.6 Å². The van der Waals surface area contributed by atoms with E-state index in [4.69, 9.17) is 0 Å². The molecule has 1 heterocycles. The first-order valence-corrected chi connectivity index (χ1v) is 8.53. The van der Waals surface area contributed by atoms with E-state index >= 15 is 0 Å². The maximum Gasteiger partial charge on any atom is 0.0263 e. The molecule has 1 aliphatic heterocycles. The van der Waals surface area contributed by atoms with Crippen LogP contribution in [0.3, 0.4) is 0 Å². The smallest absolute Gasteiger partial charge is 0.0263 e. The van der Waals surface area contributed by atoms with Gasteiger partial charge in [-0.2, -0.15) is 23.5 Å². The molecule has 2 aliphatic rings. The Morgan fingerprint density at radius 1 is 1.27 bits per heavy atom. The fourth-order valence-electron chi connectivity index (χ4n) is 2.73. The summed E-state index contributed by atoms with van der Waals surface area (Å²) in [5.74, 6) is 5.05. The van der Waals surface area contributed by atoms with E-state index in [2.05, 4.69) is 35.8 Å². The molecular formula is C12H23NS2. The molecule has 0 amide bonds. The summed E-state index contributed by atoms with van der Waals surface area (Å²) in [5, 5.41) is 4.69. The molecule has 1 nitrogen and oxygen atoms in total. The normalized spacial score (nSPS) is 37.0. The van der Waals surface area contributed by atoms with Gasteiger partial charge in [0.05, 0.1) is 0 Å². The molecule has 3 atom stereocenters. The molecule has 0 aromatic rings. The van der Waals surface area contributed by atoms with Crippen molar-refractivity contribution in [3.8, 4) is 0 Å². The molecule has 2 rings (SSSR count). The van der Waals surface area contributed by atoms with Crippen LogP contribution in [0.4, 0.5) is 0 Å². The van der Waals surface area contributed by atoms with Crippen molar-refractivity contribution in [3.63, 3.8) is 0 Å². The van der Waals surface area contributed by atoms with Crippen molar-refractivity contribution in [2.24, 2.45) is 5.92 Å². The predicted octanol–water partition coefficient (Wildman–Crippen LogP) is 3.00. The molecule has 0 spiro atoms. The Labute approximate surface area is 103 Å². The Bertz CT molecular complexity index is 180. The van der Waals surface area contributed by atoms with Gasteiger partial charge in [0, 0.05) is 35.1 Å². The summed E-state index contributed by atoms with van der Waals surface area (Å²) in [6.07, 6.45) is 5.69. The molecule has 1 N–H and O–H groups in total. The number of nitrogens with one attached hydrogen (secondary N) is 1. The van der Waals surface area contributed by atoms with Gasteiger partial charge in [-0.3, -0.25) is 0 Å². The molecule has 1 saturated heterocycles. The van der Waals surface area contributed by atoms with Gasteiger partial charge in [-0.1, -0.05) is 19.8 Å². The van der Waals surface area contributed by atoms with Gasteiger partial charge >= 0.3 is 0 Å². The van der Waals surface area contributed by atoms with Crippen LogP contribution in [0.25, 0.3) is 0 Å². The van der Waals surface area contributed by atoms with Crippen LogP contribution in [0.15, 0.2) is 0 Å². The van der Waals surface area contributed by atoms with Crippen LogP contribution < -0.4 is 5.32 Å². The summed E-state index contributed by atoms with van der Waals surface area (Å²) < 4.78 is 0. The Kier molecular flexibility index (Phi) is 5.18. The van der Waals surface area contributed by atoms with E-state index < -0.39 is 0 Å². The van der Waals surface area contributed by atoms with Gasteiger partial charge in [0.25, 0.3) is 0 Å². The van der Waals surface area contributed by atoms with E-state index in [1.165, 1.54) is 49.5 Å². The van der Waals surface area contributed by atoms with E-state index in [-0.39, 0.29) is 0 Å². The molecule has 3 heteroatoms. The summed E-state index contributed by atoms with van der Waals surface area (Å²) in [5.41, 5.74) is 0. The van der Waals surface area contributed by atoms with Crippen LogP contribution in [0.5, 0.6) is 0 Å². The van der Waals surface area contributed by atoms with Crippen molar-refractivity contribution in [1.29, 1.82) is 0 Å². The van der Waals surface area contributed by atoms with E-state index in [0.29, 0.717) is 0 Å². The highest BCUT2D eigenvalue weighted by Gasteiger charge is 2.26. The minimum atomic E-state index is 0.836. The van der Waals surface area contributed by atoms with Crippen molar-refractivity contribution in [2.75, 3.05) is 23.8 Å². The number of rotatable bonds is 4. The molecule has 1 saturated carbocycles. The maximum absolute atomic E-state index is 3.82. The van der Waals surface area contributed by atoms with Crippen molar-refractivity contribution >= 4 is 23.5 Å². The van der Waals surface area contributed by atoms with E-state index in [9.17, 15) is 0 Å². The Balaban J connectivity index is 1.67. The largest absolute Gasteiger partial charge is 0.313 e. The minimum Gasteiger partial charge on any atom is -0.313 e. The maximum atomic E-state index is 3.82. The topological polar surface area (TPSA) is 12.0 Å². The highest BCUT2D eigenvalue weighted by molar-refractivity contribution is 8.06. The lowest BCUT2D eigenvalue weighted by Gasteiger charge is -2.25. The quantitative estimate of drug-likeness (QED) is 0.818. The van der Waals surface area contributed by atoms with E-state index in [1.54, 1.807) is 0 Å². The van der Waals surface area contributed by atoms with Gasteiger partial charge in [-0.05, 0) is 18.8 Å². The first kappa shape index (κ1) is 12.1. The first-order valence-electron chi connectivity index (χ1n) is 6.33. The average molecular weight is 245 g/mol. The highest BCUT2D eigenvalue weighted by atomic mass is 32.2. The third kappa shape index (κ3) is 3.57. The van der Waals surface area contributed by atoms with Gasteiger partial charge in [-0.25, -0.2) is 0 Å². The van der Waals surface area contributed by atoms with Crippen molar-refractivity contribution < 1.29 is 0 Å². The van der Waals surface area contributed by atoms with Gasteiger partial charge in [0.15, 0.2) is 0 Å². The molecule has 1 aliphatic carbocycles. The summed E-state index contributed by atoms with van der Waals surface area (Å²) in [7, 11) is 0. The lowest BCUT2D eigenvalue weighted by Crippen LogP contribution is -2.38. The molecule has 3 unspecified atom stereocenters. The summed E-state index contributed by atoms with van der Waals surface area (Å²) in [6.45, 7) is 3.59. The van der Waals surface area contributed by atoms with E-state index in [1.807, 2.05) is 0 Å². The second-order valence-corrected chi connectivity index (χ2v) is 7.24. The summed E-state index contributed by atoms with van der Waals surface area (Å²) >= 11 is 4.30. The third-order valence-corrected chi connectivity index (χ3v) is 6.52. The number of hydrogen-bond donors (Lipinski definition) is 1. The predicted molar refractivity (Wildman–Crippen MR) is 73.0 cm³/mol. The standard InChI is InChI=1S/C12H23NS2/c1-2-10-4-3-5-12(10)13-8-11-9-14-6-7-15-11/h10-13H,2-9H2,1H3. The molecule has 0 aromatic carbocycles. The van der Waals surface area contributed by atoms with Crippen LogP contribution in [0, 0.1) is 5.92 Å². The van der Waals surface area contributed by atoms with Crippen molar-refractivity contribution in [3.05, 3.63) is 0 Å². The Hall–Kier alpha value is 0.660. The second kappa shape index (κ2) is 6.41. The zero-order chi connectivity index (χ0) is 10.5. The molecule has 2 fully saturated rings. The average Bonchev–Trinajstić information content (AvgIpc) is 2.75. The molecule has 88 valence electrons. The fourth-order valence-corrected chi connectivity index (χ4v) is 5.36. The zero-order valence-corrected chi connectivity index (χ0v) is 11.3. The van der Waals surface area contributed by atoms with Crippen LogP contribution >= 0.6 is 23.5 Å². The number of thioether (sulfide) groups is 2. The van der Waals surface area contributed by atoms with Crippen molar-refractivity contribution in [1.82, 2.24) is 5.32 Å². The first-order chi connectivity index (χ1) is 7.40. The zero-order valence-electron chi connectivity index (χ0n) is 9.71. The fraction of sp³-hybridized carbons (Fsp3) is 1.00. The lowest BCUT2D eigenvalue weighted by atomic mass is 10.0. The Morgan fingerprint density at radius 3 is 2.93 bits per heavy atom. The SMILES string of the molecule is CCC1CCCC1NCC1CSCCS1. The van der Waals surface area contributed by atoms with Gasteiger partial charge < -0.3 is 5.32 Å². The van der Waals surface area contributed by atoms with Crippen LogP contribution in [0.2, 0.25) is 0 Å². The van der Waals surface area contributed by atoms with Gasteiger partial charge in [-0.15, -0.1) is 0 Å². The van der Waals surface area contributed by atoms with Crippen LogP contribution in [-0.2, 0) is 0 Å². The molecule has 0 radical (unpaired) electrons. The monoisotopic (exact) mass is 245 g/mol.